The second-order valence-corrected chi connectivity index (χ2v) is 5.38. The van der Waals surface area contributed by atoms with Crippen LogP contribution in [0, 0.1) is 15.5 Å². The van der Waals surface area contributed by atoms with Crippen molar-refractivity contribution in [2.24, 2.45) is 5.73 Å². The fourth-order valence-corrected chi connectivity index (χ4v) is 2.16. The molecule has 21 heavy (non-hydrogen) atoms. The fraction of sp³-hybridized carbons (Fsp3) is 0. The minimum Gasteiger partial charge on any atom is -0.449 e. The van der Waals surface area contributed by atoms with Gasteiger partial charge in [-0.1, -0.05) is 27.5 Å². The molecular weight excluding hydrogens is 362 g/mol. The van der Waals surface area contributed by atoms with Crippen molar-refractivity contribution in [3.63, 3.8) is 0 Å². The molecule has 0 atom stereocenters. The number of benzene rings is 2. The Morgan fingerprint density at radius 3 is 2.57 bits per heavy atom. The molecule has 0 aliphatic heterocycles. The molecule has 0 aromatic heterocycles. The molecule has 0 heterocycles. The van der Waals surface area contributed by atoms with E-state index in [2.05, 4.69) is 15.9 Å². The molecule has 2 rings (SSSR count). The molecule has 2 aromatic rings. The van der Waals surface area contributed by atoms with E-state index in [-0.39, 0.29) is 28.6 Å². The third-order valence-electron chi connectivity index (χ3n) is 2.57. The summed E-state index contributed by atoms with van der Waals surface area (Å²) in [4.78, 5) is 10.5. The maximum Gasteiger partial charge on any atom is 0.312 e. The number of nitro benzene ring substituents is 1. The third-order valence-corrected chi connectivity index (χ3v) is 3.30. The quantitative estimate of drug-likeness (QED) is 0.366. The fourth-order valence-electron chi connectivity index (χ4n) is 1.64. The number of nitrogens with zero attached hydrogens (tertiary/aromatic N) is 1. The maximum atomic E-state index is 11.1. The Hall–Kier alpha value is -2.12. The van der Waals surface area contributed by atoms with E-state index in [1.807, 2.05) is 0 Å². The summed E-state index contributed by atoms with van der Waals surface area (Å²) in [5.74, 6) is 0.0256. The van der Waals surface area contributed by atoms with Crippen LogP contribution in [0.5, 0.6) is 11.5 Å². The van der Waals surface area contributed by atoms with Crippen LogP contribution >= 0.6 is 27.5 Å². The summed E-state index contributed by atoms with van der Waals surface area (Å²) in [6.07, 6.45) is 0. The average Bonchev–Trinajstić information content (AvgIpc) is 2.42. The molecule has 2 aromatic carbocycles. The van der Waals surface area contributed by atoms with Gasteiger partial charge in [0.15, 0.2) is 0 Å². The highest BCUT2D eigenvalue weighted by molar-refractivity contribution is 9.10. The smallest absolute Gasteiger partial charge is 0.312 e. The number of nitrogens with two attached hydrogens (primary N) is 1. The Morgan fingerprint density at radius 1 is 1.29 bits per heavy atom. The Kier molecular flexibility index (Phi) is 4.44. The van der Waals surface area contributed by atoms with Crippen molar-refractivity contribution in [2.75, 3.05) is 0 Å². The summed E-state index contributed by atoms with van der Waals surface area (Å²) in [6.45, 7) is 0. The summed E-state index contributed by atoms with van der Waals surface area (Å²) >= 11 is 9.01. The van der Waals surface area contributed by atoms with Crippen LogP contribution in [-0.2, 0) is 0 Å². The number of nitrogen functional groups attached to an aromatic ring is 1. The van der Waals surface area contributed by atoms with Gasteiger partial charge in [0.05, 0.1) is 10.5 Å². The van der Waals surface area contributed by atoms with Gasteiger partial charge in [-0.25, -0.2) is 0 Å². The zero-order valence-electron chi connectivity index (χ0n) is 10.5. The molecule has 0 amide bonds. The van der Waals surface area contributed by atoms with Crippen LogP contribution in [0.3, 0.4) is 0 Å². The van der Waals surface area contributed by atoms with Crippen LogP contribution in [0.4, 0.5) is 5.69 Å². The Labute approximate surface area is 133 Å². The first-order valence-electron chi connectivity index (χ1n) is 5.64. The van der Waals surface area contributed by atoms with Gasteiger partial charge in [-0.3, -0.25) is 15.5 Å². The first kappa shape index (κ1) is 15.3. The highest BCUT2D eigenvalue weighted by Crippen LogP contribution is 2.35. The van der Waals surface area contributed by atoms with Gasteiger partial charge in [0.25, 0.3) is 0 Å². The predicted octanol–water partition coefficient (Wildman–Crippen LogP) is 4.09. The minimum absolute atomic E-state index is 0.0491. The molecule has 0 spiro atoms. The van der Waals surface area contributed by atoms with E-state index in [0.29, 0.717) is 9.50 Å². The highest BCUT2D eigenvalue weighted by atomic mass is 79.9. The number of halogens is 2. The highest BCUT2D eigenvalue weighted by Gasteiger charge is 2.18. The van der Waals surface area contributed by atoms with E-state index < -0.39 is 4.92 Å². The predicted molar refractivity (Wildman–Crippen MR) is 83.3 cm³/mol. The summed E-state index contributed by atoms with van der Waals surface area (Å²) < 4.78 is 6.09. The molecule has 0 bridgehead atoms. The number of hydrogen-bond donors (Lipinski definition) is 2. The Bertz CT molecular complexity index is 675. The van der Waals surface area contributed by atoms with Gasteiger partial charge >= 0.3 is 5.69 Å². The summed E-state index contributed by atoms with van der Waals surface area (Å²) in [5.41, 5.74) is 5.53. The Balaban J connectivity index is 2.48. The molecule has 108 valence electrons. The summed E-state index contributed by atoms with van der Waals surface area (Å²) in [7, 11) is 0. The van der Waals surface area contributed by atoms with E-state index in [0.717, 1.165) is 0 Å². The molecule has 0 saturated heterocycles. The van der Waals surface area contributed by atoms with E-state index >= 15 is 0 Å². The van der Waals surface area contributed by atoms with Gasteiger partial charge in [-0.15, -0.1) is 0 Å². The molecular formula is C13H9BrClN3O3. The van der Waals surface area contributed by atoms with Gasteiger partial charge in [0.1, 0.15) is 11.6 Å². The van der Waals surface area contributed by atoms with Crippen LogP contribution in [0.25, 0.3) is 0 Å². The lowest BCUT2D eigenvalue weighted by molar-refractivity contribution is -0.385. The molecule has 0 radical (unpaired) electrons. The molecule has 6 nitrogen and oxygen atoms in total. The topological polar surface area (TPSA) is 102 Å². The number of amidine groups is 1. The maximum absolute atomic E-state index is 11.1. The number of nitrogens with one attached hydrogen (secondary N) is 1. The molecule has 3 N–H and O–H groups in total. The van der Waals surface area contributed by atoms with Gasteiger partial charge in [-0.2, -0.15) is 0 Å². The monoisotopic (exact) mass is 369 g/mol. The largest absolute Gasteiger partial charge is 0.449 e. The van der Waals surface area contributed by atoms with Gasteiger partial charge in [0.2, 0.25) is 5.75 Å². The van der Waals surface area contributed by atoms with Crippen LogP contribution in [-0.4, -0.2) is 10.8 Å². The first-order chi connectivity index (χ1) is 9.88. The van der Waals surface area contributed by atoms with Crippen molar-refractivity contribution in [3.05, 3.63) is 61.6 Å². The van der Waals surface area contributed by atoms with Crippen molar-refractivity contribution in [2.45, 2.75) is 0 Å². The second kappa shape index (κ2) is 6.11. The van der Waals surface area contributed by atoms with Crippen LogP contribution in [0.2, 0.25) is 5.02 Å². The lowest BCUT2D eigenvalue weighted by Gasteiger charge is -2.11. The van der Waals surface area contributed by atoms with Crippen molar-refractivity contribution in [3.8, 4) is 11.5 Å². The van der Waals surface area contributed by atoms with E-state index in [4.69, 9.17) is 27.5 Å². The lowest BCUT2D eigenvalue weighted by Crippen LogP contribution is -2.12. The number of hydrogen-bond acceptors (Lipinski definition) is 4. The number of ether oxygens (including phenoxy) is 1. The normalized spacial score (nSPS) is 10.2. The minimum atomic E-state index is -0.552. The summed E-state index contributed by atoms with van der Waals surface area (Å²) in [6, 6.07) is 8.92. The van der Waals surface area contributed by atoms with Gasteiger partial charge < -0.3 is 10.5 Å². The van der Waals surface area contributed by atoms with E-state index in [1.165, 1.54) is 24.3 Å². The first-order valence-corrected chi connectivity index (χ1v) is 6.81. The molecule has 0 saturated carbocycles. The van der Waals surface area contributed by atoms with E-state index in [1.54, 1.807) is 12.1 Å². The lowest BCUT2D eigenvalue weighted by atomic mass is 10.2. The van der Waals surface area contributed by atoms with Crippen LogP contribution < -0.4 is 10.5 Å². The zero-order chi connectivity index (χ0) is 15.6. The molecule has 0 unspecified atom stereocenters. The molecule has 0 aliphatic rings. The van der Waals surface area contributed by atoms with Crippen molar-refractivity contribution in [1.82, 2.24) is 0 Å². The van der Waals surface area contributed by atoms with Crippen molar-refractivity contribution in [1.29, 1.82) is 5.41 Å². The number of nitro groups is 1. The standard InChI is InChI=1S/C13H9BrClN3O3/c14-7-1-3-12(10(5-7)18(19)20)21-11-4-2-8(15)6-9(11)13(16)17/h1-6H,(H3,16,17). The van der Waals surface area contributed by atoms with Crippen molar-refractivity contribution >= 4 is 39.1 Å². The number of rotatable bonds is 4. The SMILES string of the molecule is N=C(N)c1cc(Cl)ccc1Oc1ccc(Br)cc1[N+](=O)[O-]. The van der Waals surface area contributed by atoms with Crippen molar-refractivity contribution < 1.29 is 9.66 Å². The summed E-state index contributed by atoms with van der Waals surface area (Å²) in [5, 5.41) is 18.9. The third kappa shape index (κ3) is 3.50. The van der Waals surface area contributed by atoms with Crippen LogP contribution in [0.15, 0.2) is 40.9 Å². The van der Waals surface area contributed by atoms with Gasteiger partial charge in [-0.05, 0) is 30.3 Å². The van der Waals surface area contributed by atoms with Crippen LogP contribution in [0.1, 0.15) is 5.56 Å². The molecule has 8 heteroatoms. The Morgan fingerprint density at radius 2 is 1.95 bits per heavy atom. The second-order valence-electron chi connectivity index (χ2n) is 4.03. The molecule has 0 aliphatic carbocycles. The zero-order valence-corrected chi connectivity index (χ0v) is 12.8. The van der Waals surface area contributed by atoms with E-state index in [9.17, 15) is 10.1 Å². The van der Waals surface area contributed by atoms with Gasteiger partial charge in [0, 0.05) is 15.6 Å². The molecule has 0 fully saturated rings. The average molecular weight is 371 g/mol.